The van der Waals surface area contributed by atoms with Crippen LogP contribution >= 0.6 is 0 Å². The lowest BCUT2D eigenvalue weighted by atomic mass is 9.85. The van der Waals surface area contributed by atoms with Crippen LogP contribution in [0.2, 0.25) is 0 Å². The van der Waals surface area contributed by atoms with Gasteiger partial charge in [-0.25, -0.2) is 4.68 Å². The smallest absolute Gasteiger partial charge is 0.232 e. The van der Waals surface area contributed by atoms with E-state index in [4.69, 9.17) is 14.2 Å². The molecule has 0 fully saturated rings. The van der Waals surface area contributed by atoms with Crippen molar-refractivity contribution in [2.75, 3.05) is 32.0 Å². The number of hydrogen-bond acceptors (Lipinski definition) is 7. The normalized spacial score (nSPS) is 19.7. The Kier molecular flexibility index (Phi) is 5.66. The maximum absolute atomic E-state index is 13.6. The van der Waals surface area contributed by atoms with E-state index in [0.29, 0.717) is 28.9 Å². The maximum atomic E-state index is 13.6. The van der Waals surface area contributed by atoms with Crippen LogP contribution in [0.5, 0.6) is 17.2 Å². The minimum atomic E-state index is -0.513. The Balaban J connectivity index is 1.78. The molecule has 0 aliphatic carbocycles. The van der Waals surface area contributed by atoms with Crippen LogP contribution in [-0.2, 0) is 4.79 Å². The van der Waals surface area contributed by atoms with Crippen molar-refractivity contribution in [2.45, 2.75) is 19.0 Å². The number of anilines is 2. The minimum Gasteiger partial charge on any atom is -0.497 e. The van der Waals surface area contributed by atoms with Crippen molar-refractivity contribution in [3.8, 4) is 17.2 Å². The van der Waals surface area contributed by atoms with Crippen molar-refractivity contribution in [1.29, 1.82) is 0 Å². The molecule has 3 unspecified atom stereocenters. The van der Waals surface area contributed by atoms with E-state index >= 15 is 0 Å². The monoisotopic (exact) mass is 423 g/mol. The van der Waals surface area contributed by atoms with Crippen LogP contribution in [0.1, 0.15) is 18.5 Å². The predicted molar refractivity (Wildman–Crippen MR) is 116 cm³/mol. The minimum absolute atomic E-state index is 0.173. The number of aromatic nitrogens is 3. The number of carbonyl (C=O) groups is 1. The van der Waals surface area contributed by atoms with Crippen molar-refractivity contribution in [1.82, 2.24) is 14.8 Å². The second-order valence-corrected chi connectivity index (χ2v) is 7.23. The lowest BCUT2D eigenvalue weighted by Crippen LogP contribution is -2.46. The summed E-state index contributed by atoms with van der Waals surface area (Å²) in [4.78, 5) is 17.9. The van der Waals surface area contributed by atoms with Crippen LogP contribution < -0.4 is 24.8 Å². The van der Waals surface area contributed by atoms with Gasteiger partial charge >= 0.3 is 0 Å². The third-order valence-electron chi connectivity index (χ3n) is 5.50. The summed E-state index contributed by atoms with van der Waals surface area (Å²) in [5.41, 5.74) is 1.41. The topological polar surface area (TPSA) is 99.5 Å². The van der Waals surface area contributed by atoms with Gasteiger partial charge in [0.1, 0.15) is 23.6 Å². The molecule has 0 spiro atoms. The van der Waals surface area contributed by atoms with E-state index in [2.05, 4.69) is 20.7 Å². The zero-order valence-corrected chi connectivity index (χ0v) is 17.8. The molecule has 1 aromatic heterocycles. The fraction of sp³-hybridized carbons (Fsp3) is 0.318. The summed E-state index contributed by atoms with van der Waals surface area (Å²) in [7, 11) is 4.76. The molecule has 0 bridgehead atoms. The molecule has 31 heavy (non-hydrogen) atoms. The van der Waals surface area contributed by atoms with Crippen molar-refractivity contribution in [2.24, 2.45) is 5.92 Å². The third kappa shape index (κ3) is 3.74. The molecule has 1 aliphatic rings. The molecule has 9 nitrogen and oxygen atoms in total. The molecule has 4 rings (SSSR count). The molecule has 3 aromatic rings. The zero-order valence-electron chi connectivity index (χ0n) is 17.8. The first kappa shape index (κ1) is 20.5. The highest BCUT2D eigenvalue weighted by molar-refractivity contribution is 5.95. The van der Waals surface area contributed by atoms with Gasteiger partial charge in [0.25, 0.3) is 0 Å². The SMILES string of the molecule is COc1ccc(C2C(C(=O)Nc3ccccc3OC)C(C)Nc3ncnn32)c(OC)c1. The summed E-state index contributed by atoms with van der Waals surface area (Å²) < 4.78 is 18.1. The third-order valence-corrected chi connectivity index (χ3v) is 5.50. The van der Waals surface area contributed by atoms with Gasteiger partial charge in [0.05, 0.1) is 39.0 Å². The van der Waals surface area contributed by atoms with Gasteiger partial charge in [0.15, 0.2) is 0 Å². The van der Waals surface area contributed by atoms with Gasteiger partial charge in [-0.2, -0.15) is 10.1 Å². The molecule has 3 atom stereocenters. The quantitative estimate of drug-likeness (QED) is 0.629. The number of nitrogens with zero attached hydrogens (tertiary/aromatic N) is 3. The first-order valence-electron chi connectivity index (χ1n) is 9.89. The molecule has 0 radical (unpaired) electrons. The predicted octanol–water partition coefficient (Wildman–Crippen LogP) is 2.96. The van der Waals surface area contributed by atoms with Crippen molar-refractivity contribution in [3.63, 3.8) is 0 Å². The molecular weight excluding hydrogens is 398 g/mol. The number of fused-ring (bicyclic) bond motifs is 1. The van der Waals surface area contributed by atoms with E-state index in [1.54, 1.807) is 38.1 Å². The molecular formula is C22H25N5O4. The van der Waals surface area contributed by atoms with Crippen LogP contribution in [-0.4, -0.2) is 48.0 Å². The van der Waals surface area contributed by atoms with Gasteiger partial charge in [-0.3, -0.25) is 4.79 Å². The molecule has 162 valence electrons. The van der Waals surface area contributed by atoms with Gasteiger partial charge in [0.2, 0.25) is 11.9 Å². The maximum Gasteiger partial charge on any atom is 0.232 e. The van der Waals surface area contributed by atoms with Crippen LogP contribution in [0.15, 0.2) is 48.8 Å². The number of para-hydroxylation sites is 2. The standard InChI is InChI=1S/C22H25N5O4/c1-13-19(21(28)26-16-7-5-6-8-17(16)30-3)20(27-22(25-13)23-12-24-27)15-10-9-14(29-2)11-18(15)31-4/h5-13,19-20H,1-4H3,(H,26,28)(H,23,24,25). The van der Waals surface area contributed by atoms with Crippen molar-refractivity contribution >= 4 is 17.5 Å². The Hall–Kier alpha value is -3.75. The first-order chi connectivity index (χ1) is 15.1. The first-order valence-corrected chi connectivity index (χ1v) is 9.89. The highest BCUT2D eigenvalue weighted by atomic mass is 16.5. The van der Waals surface area contributed by atoms with Gasteiger partial charge in [0, 0.05) is 17.7 Å². The summed E-state index contributed by atoms with van der Waals surface area (Å²) in [5, 5.41) is 10.7. The van der Waals surface area contributed by atoms with Crippen LogP contribution in [0.3, 0.4) is 0 Å². The highest BCUT2D eigenvalue weighted by Gasteiger charge is 2.42. The summed E-state index contributed by atoms with van der Waals surface area (Å²) in [6.45, 7) is 1.95. The Bertz CT molecular complexity index is 1080. The second-order valence-electron chi connectivity index (χ2n) is 7.23. The van der Waals surface area contributed by atoms with E-state index in [0.717, 1.165) is 5.56 Å². The number of ether oxygens (including phenoxy) is 3. The lowest BCUT2D eigenvalue weighted by Gasteiger charge is -2.37. The Morgan fingerprint density at radius 3 is 2.58 bits per heavy atom. The zero-order chi connectivity index (χ0) is 22.0. The van der Waals surface area contributed by atoms with E-state index in [9.17, 15) is 4.79 Å². The van der Waals surface area contributed by atoms with E-state index in [-0.39, 0.29) is 11.9 Å². The van der Waals surface area contributed by atoms with Gasteiger partial charge in [-0.05, 0) is 31.2 Å². The molecule has 0 saturated heterocycles. The van der Waals surface area contributed by atoms with Gasteiger partial charge in [-0.15, -0.1) is 0 Å². The van der Waals surface area contributed by atoms with E-state index < -0.39 is 12.0 Å². The highest BCUT2D eigenvalue weighted by Crippen LogP contribution is 2.41. The van der Waals surface area contributed by atoms with E-state index in [1.165, 1.54) is 6.33 Å². The molecule has 1 aliphatic heterocycles. The van der Waals surface area contributed by atoms with E-state index in [1.807, 2.05) is 37.3 Å². The Morgan fingerprint density at radius 1 is 1.06 bits per heavy atom. The van der Waals surface area contributed by atoms with Crippen LogP contribution in [0.25, 0.3) is 0 Å². The molecule has 9 heteroatoms. The Labute approximate surface area is 180 Å². The summed E-state index contributed by atoms with van der Waals surface area (Å²) in [6, 6.07) is 12.2. The molecule has 2 aromatic carbocycles. The molecule has 1 amide bonds. The number of carbonyl (C=O) groups excluding carboxylic acids is 1. The number of hydrogen-bond donors (Lipinski definition) is 2. The fourth-order valence-corrected chi connectivity index (χ4v) is 4.00. The number of nitrogens with one attached hydrogen (secondary N) is 2. The number of rotatable bonds is 6. The fourth-order valence-electron chi connectivity index (χ4n) is 4.00. The summed E-state index contributed by atoms with van der Waals surface area (Å²) in [5.74, 6) is 1.77. The molecule has 0 saturated carbocycles. The summed E-state index contributed by atoms with van der Waals surface area (Å²) >= 11 is 0. The molecule has 2 N–H and O–H groups in total. The van der Waals surface area contributed by atoms with Gasteiger partial charge in [-0.1, -0.05) is 12.1 Å². The molecule has 2 heterocycles. The summed E-state index contributed by atoms with van der Waals surface area (Å²) in [6.07, 6.45) is 1.47. The van der Waals surface area contributed by atoms with Crippen molar-refractivity contribution < 1.29 is 19.0 Å². The second kappa shape index (κ2) is 8.55. The van der Waals surface area contributed by atoms with Gasteiger partial charge < -0.3 is 24.8 Å². The number of methoxy groups -OCH3 is 3. The number of benzene rings is 2. The Morgan fingerprint density at radius 2 is 1.84 bits per heavy atom. The largest absolute Gasteiger partial charge is 0.497 e. The lowest BCUT2D eigenvalue weighted by molar-refractivity contribution is -0.121. The van der Waals surface area contributed by atoms with Crippen molar-refractivity contribution in [3.05, 3.63) is 54.4 Å². The number of amides is 1. The van der Waals surface area contributed by atoms with Crippen LogP contribution in [0.4, 0.5) is 11.6 Å². The average molecular weight is 423 g/mol. The van der Waals surface area contributed by atoms with Crippen LogP contribution in [0, 0.1) is 5.92 Å². The average Bonchev–Trinajstić information content (AvgIpc) is 3.26.